The van der Waals surface area contributed by atoms with E-state index in [-0.39, 0.29) is 23.3 Å². The third kappa shape index (κ3) is 3.38. The third-order valence-corrected chi connectivity index (χ3v) is 6.82. The second-order valence-electron chi connectivity index (χ2n) is 8.65. The van der Waals surface area contributed by atoms with E-state index >= 15 is 4.39 Å². The van der Waals surface area contributed by atoms with Crippen molar-refractivity contribution in [3.05, 3.63) is 35.6 Å². The number of rotatable bonds is 5. The summed E-state index contributed by atoms with van der Waals surface area (Å²) in [5, 5.41) is 10.2. The lowest BCUT2D eigenvalue weighted by Gasteiger charge is -2.27. The predicted molar refractivity (Wildman–Crippen MR) is 122 cm³/mol. The van der Waals surface area contributed by atoms with Gasteiger partial charge >= 0.3 is 0 Å². The number of H-pyrrole nitrogens is 1. The lowest BCUT2D eigenvalue weighted by Crippen LogP contribution is -2.32. The molecule has 2 aliphatic rings. The summed E-state index contributed by atoms with van der Waals surface area (Å²) in [7, 11) is 1.81. The molecule has 4 heterocycles. The van der Waals surface area contributed by atoms with Gasteiger partial charge < -0.3 is 19.4 Å². The summed E-state index contributed by atoms with van der Waals surface area (Å²) in [4.78, 5) is 22.6. The Hall–Kier alpha value is -3.31. The highest BCUT2D eigenvalue weighted by Gasteiger charge is 2.43. The van der Waals surface area contributed by atoms with Gasteiger partial charge in [-0.15, -0.1) is 0 Å². The quantitative estimate of drug-likeness (QED) is 0.446. The van der Waals surface area contributed by atoms with Crippen LogP contribution in [0.1, 0.15) is 12.8 Å². The maximum atomic E-state index is 15.6. The van der Waals surface area contributed by atoms with Gasteiger partial charge in [0, 0.05) is 30.8 Å². The second-order valence-corrected chi connectivity index (χ2v) is 9.03. The van der Waals surface area contributed by atoms with E-state index in [1.807, 2.05) is 11.9 Å². The van der Waals surface area contributed by atoms with Crippen LogP contribution in [0.4, 0.5) is 20.3 Å². The number of benzene rings is 1. The van der Waals surface area contributed by atoms with Crippen LogP contribution < -0.4 is 10.2 Å². The van der Waals surface area contributed by atoms with Crippen LogP contribution in [-0.4, -0.2) is 62.9 Å². The van der Waals surface area contributed by atoms with E-state index in [0.717, 1.165) is 6.42 Å². The highest BCUT2D eigenvalue weighted by molar-refractivity contribution is 6.35. The van der Waals surface area contributed by atoms with Crippen molar-refractivity contribution in [3.8, 4) is 11.3 Å². The Labute approximate surface area is 197 Å². The zero-order valence-electron chi connectivity index (χ0n) is 18.1. The average Bonchev–Trinajstić information content (AvgIpc) is 3.26. The van der Waals surface area contributed by atoms with E-state index in [2.05, 4.69) is 25.5 Å². The van der Waals surface area contributed by atoms with Crippen molar-refractivity contribution >= 4 is 45.6 Å². The molecule has 0 spiro atoms. The first-order chi connectivity index (χ1) is 16.4. The van der Waals surface area contributed by atoms with Gasteiger partial charge in [-0.3, -0.25) is 14.9 Å². The molecule has 1 aliphatic heterocycles. The number of amides is 1. The van der Waals surface area contributed by atoms with Gasteiger partial charge in [0.25, 0.3) is 0 Å². The fourth-order valence-corrected chi connectivity index (χ4v) is 4.72. The summed E-state index contributed by atoms with van der Waals surface area (Å²) in [6.45, 7) is 1.14. The molecule has 2 N–H and O–H groups in total. The van der Waals surface area contributed by atoms with Gasteiger partial charge in [-0.25, -0.2) is 13.8 Å². The van der Waals surface area contributed by atoms with E-state index < -0.39 is 23.8 Å². The van der Waals surface area contributed by atoms with Crippen LogP contribution in [0.2, 0.25) is 5.02 Å². The van der Waals surface area contributed by atoms with E-state index in [1.54, 1.807) is 23.0 Å². The zero-order valence-corrected chi connectivity index (χ0v) is 18.8. The molecule has 1 aromatic carbocycles. The number of ether oxygens (including phenoxy) is 1. The van der Waals surface area contributed by atoms with Gasteiger partial charge in [-0.1, -0.05) is 11.6 Å². The molecular formula is C22H20ClF2N7O2. The summed E-state index contributed by atoms with van der Waals surface area (Å²) in [6, 6.07) is 0.0280. The normalized spacial score (nSPS) is 21.9. The number of imidazole rings is 1. The van der Waals surface area contributed by atoms with Crippen LogP contribution in [0.25, 0.3) is 27.8 Å². The molecule has 176 valence electrons. The molecule has 3 aromatic heterocycles. The minimum absolute atomic E-state index is 0.0280. The minimum Gasteiger partial charge on any atom is -0.379 e. The summed E-state index contributed by atoms with van der Waals surface area (Å²) in [5.74, 6) is -1.32. The molecule has 12 heteroatoms. The van der Waals surface area contributed by atoms with Crippen molar-refractivity contribution in [1.29, 1.82) is 0 Å². The third-order valence-electron chi connectivity index (χ3n) is 6.47. The van der Waals surface area contributed by atoms with Gasteiger partial charge in [0.1, 0.15) is 11.9 Å². The predicted octanol–water partition coefficient (Wildman–Crippen LogP) is 3.59. The highest BCUT2D eigenvalue weighted by atomic mass is 35.5. The minimum atomic E-state index is -1.09. The molecule has 1 saturated heterocycles. The number of alkyl halides is 1. The molecule has 6 rings (SSSR count). The number of hydrogen-bond acceptors (Lipinski definition) is 6. The fraction of sp³-hybridized carbons (Fsp3) is 0.364. The lowest BCUT2D eigenvalue weighted by atomic mass is 10.0. The molecule has 0 radical (unpaired) electrons. The smallest absolute Gasteiger partial charge is 0.231 e. The van der Waals surface area contributed by atoms with Crippen molar-refractivity contribution in [2.75, 3.05) is 30.5 Å². The summed E-state index contributed by atoms with van der Waals surface area (Å²) in [5.41, 5.74) is 2.10. The van der Waals surface area contributed by atoms with Crippen LogP contribution in [-0.2, 0) is 9.53 Å². The topological polar surface area (TPSA) is 100 Å². The Bertz CT molecular complexity index is 1430. The molecule has 3 atom stereocenters. The first-order valence-electron chi connectivity index (χ1n) is 10.9. The number of aromatic nitrogens is 5. The monoisotopic (exact) mass is 487 g/mol. The van der Waals surface area contributed by atoms with Gasteiger partial charge in [-0.2, -0.15) is 5.10 Å². The number of halogens is 3. The van der Waals surface area contributed by atoms with Crippen molar-refractivity contribution in [2.24, 2.45) is 5.92 Å². The molecule has 1 unspecified atom stereocenters. The Kier molecular flexibility index (Phi) is 4.92. The fourth-order valence-electron chi connectivity index (χ4n) is 4.43. The van der Waals surface area contributed by atoms with E-state index in [1.165, 1.54) is 6.20 Å². The van der Waals surface area contributed by atoms with Crippen LogP contribution in [0.15, 0.2) is 24.8 Å². The van der Waals surface area contributed by atoms with Gasteiger partial charge in [-0.05, 0) is 12.8 Å². The van der Waals surface area contributed by atoms with Crippen molar-refractivity contribution in [3.63, 3.8) is 0 Å². The molecule has 9 nitrogen and oxygen atoms in total. The van der Waals surface area contributed by atoms with Gasteiger partial charge in [0.15, 0.2) is 17.3 Å². The number of likely N-dealkylation sites (N-methyl/N-ethyl adjacent to an activating group) is 1. The summed E-state index contributed by atoms with van der Waals surface area (Å²) in [6.07, 6.45) is 6.25. The average molecular weight is 488 g/mol. The Morgan fingerprint density at radius 3 is 2.94 bits per heavy atom. The van der Waals surface area contributed by atoms with Crippen LogP contribution in [0.3, 0.4) is 0 Å². The number of hydrogen-bond donors (Lipinski definition) is 2. The standard InChI is InChI=1S/C22H20ClF2N7O2/c1-31(10-2-3-34-9-10)21-19(25)18(23)17(12-5-27-30-20(12)21)14-7-32-8-15(28-16(32)6-26-14)29-22(33)11-4-13(11)24/h5-8,10-11,13H,2-4,9H2,1H3,(H,27,30)(H,29,33)/t10?,11-,13+/m1/s1. The second kappa shape index (κ2) is 7.88. The molecule has 0 bridgehead atoms. The van der Waals surface area contributed by atoms with Crippen molar-refractivity contribution < 1.29 is 18.3 Å². The maximum Gasteiger partial charge on any atom is 0.231 e. The lowest BCUT2D eigenvalue weighted by molar-refractivity contribution is -0.117. The number of aromatic amines is 1. The number of nitrogens with one attached hydrogen (secondary N) is 2. The first-order valence-corrected chi connectivity index (χ1v) is 11.2. The first kappa shape index (κ1) is 21.2. The van der Waals surface area contributed by atoms with Crippen molar-refractivity contribution in [2.45, 2.75) is 25.1 Å². The molecule has 1 saturated carbocycles. The summed E-state index contributed by atoms with van der Waals surface area (Å²) >= 11 is 6.57. The molecule has 34 heavy (non-hydrogen) atoms. The van der Waals surface area contributed by atoms with Gasteiger partial charge in [0.05, 0.1) is 53.4 Å². The number of fused-ring (bicyclic) bond motifs is 2. The molecule has 4 aromatic rings. The van der Waals surface area contributed by atoms with E-state index in [0.29, 0.717) is 46.7 Å². The number of nitrogens with zero attached hydrogens (tertiary/aromatic N) is 5. The molecule has 1 aliphatic carbocycles. The Morgan fingerprint density at radius 2 is 2.21 bits per heavy atom. The highest BCUT2D eigenvalue weighted by Crippen LogP contribution is 2.42. The Balaban J connectivity index is 1.40. The van der Waals surface area contributed by atoms with Crippen LogP contribution in [0, 0.1) is 11.7 Å². The maximum absolute atomic E-state index is 15.6. The SMILES string of the molecule is CN(c1c(F)c(Cl)c(-c2cn3cc(NC(=O)[C@@H]4C[C@@H]4F)nc3cn2)c2cn[nH]c12)C1CCOC1. The summed E-state index contributed by atoms with van der Waals surface area (Å²) < 4.78 is 35.9. The van der Waals surface area contributed by atoms with Crippen LogP contribution in [0.5, 0.6) is 0 Å². The Morgan fingerprint density at radius 1 is 1.38 bits per heavy atom. The van der Waals surface area contributed by atoms with E-state index in [9.17, 15) is 9.18 Å². The number of carbonyl (C=O) groups is 1. The largest absolute Gasteiger partial charge is 0.379 e. The van der Waals surface area contributed by atoms with Gasteiger partial charge in [0.2, 0.25) is 5.91 Å². The molecule has 1 amide bonds. The number of carbonyl (C=O) groups excluding carboxylic acids is 1. The molecular weight excluding hydrogens is 468 g/mol. The van der Waals surface area contributed by atoms with Crippen LogP contribution >= 0.6 is 11.6 Å². The molecule has 2 fully saturated rings. The van der Waals surface area contributed by atoms with Crippen molar-refractivity contribution in [1.82, 2.24) is 24.6 Å². The zero-order chi connectivity index (χ0) is 23.6. The van der Waals surface area contributed by atoms with E-state index in [4.69, 9.17) is 16.3 Å². The number of anilines is 2.